The SMILES string of the molecule is CC(NS(N)(=O)=O)c1ccc(/C=C/C(=O)O)cc1. The molecular weight excluding hydrogens is 256 g/mol. The smallest absolute Gasteiger partial charge is 0.328 e. The molecule has 1 aromatic rings. The van der Waals surface area contributed by atoms with Crippen LogP contribution in [0.5, 0.6) is 0 Å². The van der Waals surface area contributed by atoms with E-state index in [1.54, 1.807) is 31.2 Å². The molecule has 4 N–H and O–H groups in total. The summed E-state index contributed by atoms with van der Waals surface area (Å²) in [6, 6.07) is 6.33. The Hall–Kier alpha value is -1.70. The molecule has 0 aliphatic carbocycles. The third kappa shape index (κ3) is 5.09. The van der Waals surface area contributed by atoms with Gasteiger partial charge in [-0.3, -0.25) is 0 Å². The zero-order valence-corrected chi connectivity index (χ0v) is 10.5. The Morgan fingerprint density at radius 3 is 2.39 bits per heavy atom. The second-order valence-corrected chi connectivity index (χ2v) is 5.05. The van der Waals surface area contributed by atoms with E-state index in [4.69, 9.17) is 10.2 Å². The summed E-state index contributed by atoms with van der Waals surface area (Å²) in [5.41, 5.74) is 1.44. The van der Waals surface area contributed by atoms with Gasteiger partial charge in [0.15, 0.2) is 0 Å². The first-order valence-corrected chi connectivity index (χ1v) is 6.63. The van der Waals surface area contributed by atoms with E-state index in [9.17, 15) is 13.2 Å². The summed E-state index contributed by atoms with van der Waals surface area (Å²) in [5, 5.41) is 13.3. The Bertz CT molecular complexity index is 549. The molecule has 0 fully saturated rings. The molecule has 0 bridgehead atoms. The maximum absolute atomic E-state index is 10.8. The molecule has 1 atom stereocenters. The van der Waals surface area contributed by atoms with Crippen LogP contribution in [0.15, 0.2) is 30.3 Å². The molecule has 7 heteroatoms. The Kier molecular flexibility index (Phi) is 4.60. The van der Waals surface area contributed by atoms with Gasteiger partial charge in [-0.05, 0) is 24.1 Å². The summed E-state index contributed by atoms with van der Waals surface area (Å²) in [6.45, 7) is 1.66. The molecule has 6 nitrogen and oxygen atoms in total. The fourth-order valence-electron chi connectivity index (χ4n) is 1.38. The molecule has 1 aromatic carbocycles. The highest BCUT2D eigenvalue weighted by molar-refractivity contribution is 7.87. The molecule has 0 saturated carbocycles. The van der Waals surface area contributed by atoms with Crippen molar-refractivity contribution in [2.45, 2.75) is 13.0 Å². The third-order valence-corrected chi connectivity index (χ3v) is 2.88. The van der Waals surface area contributed by atoms with Crippen LogP contribution in [-0.4, -0.2) is 19.5 Å². The second-order valence-electron chi connectivity index (χ2n) is 3.72. The number of hydrogen-bond acceptors (Lipinski definition) is 3. The lowest BCUT2D eigenvalue weighted by Crippen LogP contribution is -2.32. The van der Waals surface area contributed by atoms with Gasteiger partial charge in [0.05, 0.1) is 0 Å². The molecular formula is C11H14N2O4S. The highest BCUT2D eigenvalue weighted by Crippen LogP contribution is 2.14. The summed E-state index contributed by atoms with van der Waals surface area (Å²) in [7, 11) is -3.74. The van der Waals surface area contributed by atoms with E-state index in [2.05, 4.69) is 4.72 Å². The Labute approximate surface area is 105 Å². The lowest BCUT2D eigenvalue weighted by Gasteiger charge is -2.12. The van der Waals surface area contributed by atoms with Gasteiger partial charge in [-0.25, -0.2) is 9.93 Å². The quantitative estimate of drug-likeness (QED) is 0.682. The van der Waals surface area contributed by atoms with Gasteiger partial charge in [0.25, 0.3) is 10.2 Å². The van der Waals surface area contributed by atoms with Crippen LogP contribution in [0.3, 0.4) is 0 Å². The minimum atomic E-state index is -3.74. The lowest BCUT2D eigenvalue weighted by molar-refractivity contribution is -0.131. The average Bonchev–Trinajstić information content (AvgIpc) is 2.24. The number of aliphatic carboxylic acids is 1. The molecule has 98 valence electrons. The van der Waals surface area contributed by atoms with Crippen molar-refractivity contribution in [2.75, 3.05) is 0 Å². The number of nitrogens with one attached hydrogen (secondary N) is 1. The van der Waals surface area contributed by atoms with Gasteiger partial charge in [-0.2, -0.15) is 13.1 Å². The van der Waals surface area contributed by atoms with Crippen LogP contribution >= 0.6 is 0 Å². The van der Waals surface area contributed by atoms with Crippen LogP contribution in [0.1, 0.15) is 24.1 Å². The molecule has 0 spiro atoms. The van der Waals surface area contributed by atoms with Gasteiger partial charge < -0.3 is 5.11 Å². The first-order chi connectivity index (χ1) is 8.28. The van der Waals surface area contributed by atoms with Crippen LogP contribution in [0.2, 0.25) is 0 Å². The Balaban J connectivity index is 2.79. The molecule has 0 radical (unpaired) electrons. The highest BCUT2D eigenvalue weighted by Gasteiger charge is 2.10. The Morgan fingerprint density at radius 1 is 1.39 bits per heavy atom. The van der Waals surface area contributed by atoms with Crippen LogP contribution in [0.4, 0.5) is 0 Å². The van der Waals surface area contributed by atoms with E-state index in [0.29, 0.717) is 5.56 Å². The molecule has 0 heterocycles. The van der Waals surface area contributed by atoms with E-state index in [0.717, 1.165) is 11.6 Å². The van der Waals surface area contributed by atoms with Crippen LogP contribution in [0, 0.1) is 0 Å². The predicted molar refractivity (Wildman–Crippen MR) is 67.8 cm³/mol. The van der Waals surface area contributed by atoms with Crippen molar-refractivity contribution in [3.8, 4) is 0 Å². The lowest BCUT2D eigenvalue weighted by atomic mass is 10.1. The molecule has 18 heavy (non-hydrogen) atoms. The number of carboxylic acids is 1. The van der Waals surface area contributed by atoms with Crippen LogP contribution < -0.4 is 9.86 Å². The van der Waals surface area contributed by atoms with Gasteiger partial charge in [0, 0.05) is 12.1 Å². The van der Waals surface area contributed by atoms with Crippen molar-refractivity contribution < 1.29 is 18.3 Å². The number of hydrogen-bond donors (Lipinski definition) is 3. The van der Waals surface area contributed by atoms with Crippen LogP contribution in [-0.2, 0) is 15.0 Å². The van der Waals surface area contributed by atoms with Crippen molar-refractivity contribution >= 4 is 22.3 Å². The first-order valence-electron chi connectivity index (χ1n) is 5.09. The third-order valence-electron chi connectivity index (χ3n) is 2.20. The summed E-state index contributed by atoms with van der Waals surface area (Å²) >= 11 is 0. The van der Waals surface area contributed by atoms with Gasteiger partial charge in [-0.15, -0.1) is 0 Å². The largest absolute Gasteiger partial charge is 0.478 e. The predicted octanol–water partition coefficient (Wildman–Crippen LogP) is 0.639. The zero-order valence-electron chi connectivity index (χ0n) is 9.70. The Morgan fingerprint density at radius 2 is 1.94 bits per heavy atom. The van der Waals surface area contributed by atoms with E-state index in [-0.39, 0.29) is 0 Å². The summed E-state index contributed by atoms with van der Waals surface area (Å²) in [6.07, 6.45) is 2.48. The van der Waals surface area contributed by atoms with Crippen LogP contribution in [0.25, 0.3) is 6.08 Å². The molecule has 0 saturated heterocycles. The van der Waals surface area contributed by atoms with E-state index in [1.807, 2.05) is 0 Å². The van der Waals surface area contributed by atoms with E-state index >= 15 is 0 Å². The molecule has 0 amide bonds. The molecule has 1 unspecified atom stereocenters. The van der Waals surface area contributed by atoms with E-state index in [1.165, 1.54) is 6.08 Å². The molecule has 0 aliphatic heterocycles. The second kappa shape index (κ2) is 5.76. The molecule has 1 rings (SSSR count). The average molecular weight is 270 g/mol. The zero-order chi connectivity index (χ0) is 13.8. The van der Waals surface area contributed by atoms with Crippen molar-refractivity contribution in [3.05, 3.63) is 41.5 Å². The minimum Gasteiger partial charge on any atom is -0.478 e. The molecule has 0 aromatic heterocycles. The van der Waals surface area contributed by atoms with Gasteiger partial charge in [0.1, 0.15) is 0 Å². The maximum atomic E-state index is 10.8. The highest BCUT2D eigenvalue weighted by atomic mass is 32.2. The van der Waals surface area contributed by atoms with Crippen molar-refractivity contribution in [1.29, 1.82) is 0 Å². The van der Waals surface area contributed by atoms with Crippen molar-refractivity contribution in [3.63, 3.8) is 0 Å². The number of carboxylic acid groups (broad SMARTS) is 1. The fourth-order valence-corrected chi connectivity index (χ4v) is 2.01. The summed E-state index contributed by atoms with van der Waals surface area (Å²) in [4.78, 5) is 10.3. The number of nitrogens with two attached hydrogens (primary N) is 1. The normalized spacial score (nSPS) is 13.7. The first kappa shape index (κ1) is 14.4. The maximum Gasteiger partial charge on any atom is 0.328 e. The van der Waals surface area contributed by atoms with Crippen molar-refractivity contribution in [1.82, 2.24) is 4.72 Å². The van der Waals surface area contributed by atoms with Gasteiger partial charge >= 0.3 is 5.97 Å². The van der Waals surface area contributed by atoms with E-state index < -0.39 is 22.2 Å². The summed E-state index contributed by atoms with van der Waals surface area (Å²) in [5.74, 6) is -1.02. The molecule has 0 aliphatic rings. The standard InChI is InChI=1S/C11H14N2O4S/c1-8(13-18(12,16)17)10-5-2-9(3-6-10)4-7-11(14)15/h2-8,13H,1H3,(H,14,15)(H2,12,16,17)/b7-4+. The van der Waals surface area contributed by atoms with Crippen molar-refractivity contribution in [2.24, 2.45) is 5.14 Å². The fraction of sp³-hybridized carbons (Fsp3) is 0.182. The number of carbonyl (C=O) groups is 1. The topological polar surface area (TPSA) is 109 Å². The summed E-state index contributed by atoms with van der Waals surface area (Å²) < 4.78 is 23.9. The monoisotopic (exact) mass is 270 g/mol. The number of rotatable bonds is 5. The van der Waals surface area contributed by atoms with Gasteiger partial charge in [0.2, 0.25) is 0 Å². The minimum absolute atomic E-state index is 0.447. The number of benzene rings is 1. The van der Waals surface area contributed by atoms with Gasteiger partial charge in [-0.1, -0.05) is 24.3 Å².